The first kappa shape index (κ1) is 19.3. The summed E-state index contributed by atoms with van der Waals surface area (Å²) in [6.45, 7) is 3.11. The van der Waals surface area contributed by atoms with Gasteiger partial charge in [-0.2, -0.15) is 0 Å². The van der Waals surface area contributed by atoms with Gasteiger partial charge in [0.2, 0.25) is 18.6 Å². The van der Waals surface area contributed by atoms with Crippen LogP contribution in [-0.2, 0) is 4.79 Å². The summed E-state index contributed by atoms with van der Waals surface area (Å²) in [5, 5.41) is 9.01. The van der Waals surface area contributed by atoms with Gasteiger partial charge in [-0.3, -0.25) is 4.79 Å². The average molecular weight is 442 g/mol. The van der Waals surface area contributed by atoms with Crippen LogP contribution >= 0.6 is 23.5 Å². The van der Waals surface area contributed by atoms with Crippen LogP contribution in [0.2, 0.25) is 0 Å². The maximum Gasteiger partial charge on any atom is 0.277 e. The van der Waals surface area contributed by atoms with E-state index < -0.39 is 0 Å². The van der Waals surface area contributed by atoms with Gasteiger partial charge in [-0.1, -0.05) is 30.8 Å². The number of benzene rings is 2. The highest BCUT2D eigenvalue weighted by atomic mass is 32.2. The minimum absolute atomic E-state index is 0.0324. The minimum Gasteiger partial charge on any atom is -0.454 e. The normalized spacial score (nSPS) is 17.5. The monoisotopic (exact) mass is 441 g/mol. The lowest BCUT2D eigenvalue weighted by Gasteiger charge is -2.22. The molecule has 2 aliphatic rings. The van der Waals surface area contributed by atoms with E-state index >= 15 is 0 Å². The van der Waals surface area contributed by atoms with Gasteiger partial charge in [-0.15, -0.1) is 22.0 Å². The van der Waals surface area contributed by atoms with Crippen LogP contribution in [0.3, 0.4) is 0 Å². The van der Waals surface area contributed by atoms with Crippen molar-refractivity contribution >= 4 is 35.1 Å². The number of amides is 1. The third-order valence-corrected chi connectivity index (χ3v) is 6.93. The Kier molecular flexibility index (Phi) is 5.30. The first-order valence-electron chi connectivity index (χ1n) is 9.60. The molecule has 5 rings (SSSR count). The predicted octanol–water partition coefficient (Wildman–Crippen LogP) is 4.47. The fourth-order valence-corrected chi connectivity index (χ4v) is 5.11. The van der Waals surface area contributed by atoms with Gasteiger partial charge >= 0.3 is 0 Å². The van der Waals surface area contributed by atoms with Crippen LogP contribution in [-0.4, -0.2) is 40.4 Å². The minimum atomic E-state index is 0.0324. The molecule has 7 nitrogen and oxygen atoms in total. The second kappa shape index (κ2) is 8.23. The summed E-state index contributed by atoms with van der Waals surface area (Å²) >= 11 is 3.07. The molecule has 1 aromatic heterocycles. The highest BCUT2D eigenvalue weighted by Crippen LogP contribution is 2.38. The van der Waals surface area contributed by atoms with Gasteiger partial charge in [0, 0.05) is 22.3 Å². The molecule has 0 saturated carbocycles. The molecule has 0 N–H and O–H groups in total. The molecular formula is C21H19N3O4S2. The fourth-order valence-electron chi connectivity index (χ4n) is 3.36. The van der Waals surface area contributed by atoms with E-state index in [1.807, 2.05) is 53.1 Å². The van der Waals surface area contributed by atoms with Crippen molar-refractivity contribution in [2.45, 2.75) is 28.7 Å². The molecule has 3 heterocycles. The number of fused-ring (bicyclic) bond motifs is 2. The van der Waals surface area contributed by atoms with Gasteiger partial charge in [0.25, 0.3) is 5.22 Å². The molecular weight excluding hydrogens is 422 g/mol. The highest BCUT2D eigenvalue weighted by molar-refractivity contribution is 8.00. The zero-order chi connectivity index (χ0) is 20.5. The first-order chi connectivity index (χ1) is 14.7. The third kappa shape index (κ3) is 3.87. The Hall–Kier alpha value is -2.65. The number of anilines is 1. The van der Waals surface area contributed by atoms with E-state index in [1.54, 1.807) is 0 Å². The number of carbonyl (C=O) groups is 1. The maximum absolute atomic E-state index is 13.0. The maximum atomic E-state index is 13.0. The Balaban J connectivity index is 1.27. The molecule has 1 unspecified atom stereocenters. The Bertz CT molecular complexity index is 1090. The number of hydrogen-bond acceptors (Lipinski definition) is 8. The van der Waals surface area contributed by atoms with Crippen LogP contribution in [0.5, 0.6) is 11.5 Å². The number of ether oxygens (including phenoxy) is 2. The van der Waals surface area contributed by atoms with E-state index in [2.05, 4.69) is 23.2 Å². The Morgan fingerprint density at radius 2 is 2.07 bits per heavy atom. The van der Waals surface area contributed by atoms with Gasteiger partial charge in [-0.05, 0) is 36.8 Å². The van der Waals surface area contributed by atoms with E-state index in [0.717, 1.165) is 22.6 Å². The number of hydrogen-bond donors (Lipinski definition) is 0. The second-order valence-corrected chi connectivity index (χ2v) is 9.37. The number of carbonyl (C=O) groups excluding carboxylic acids is 1. The number of nitrogens with zero attached hydrogens (tertiary/aromatic N) is 3. The van der Waals surface area contributed by atoms with Gasteiger partial charge < -0.3 is 18.8 Å². The zero-order valence-corrected chi connectivity index (χ0v) is 17.9. The molecule has 30 heavy (non-hydrogen) atoms. The van der Waals surface area contributed by atoms with Crippen LogP contribution in [0.25, 0.3) is 11.5 Å². The smallest absolute Gasteiger partial charge is 0.277 e. The number of rotatable bonds is 4. The van der Waals surface area contributed by atoms with Crippen molar-refractivity contribution in [3.8, 4) is 23.0 Å². The summed E-state index contributed by atoms with van der Waals surface area (Å²) in [7, 11) is 0. The van der Waals surface area contributed by atoms with E-state index in [9.17, 15) is 4.79 Å². The molecule has 0 aliphatic carbocycles. The molecule has 1 atom stereocenters. The standard InChI is InChI=1S/C21H19N3O4S2/c1-13-8-9-24(15-4-2-3-5-18(15)30-13)19(25)11-29-21-23-22-20(28-21)14-6-7-16-17(10-14)27-12-26-16/h2-7,10,13H,8-9,11-12H2,1H3. The van der Waals surface area contributed by atoms with Crippen molar-refractivity contribution in [1.29, 1.82) is 0 Å². The Morgan fingerprint density at radius 1 is 1.20 bits per heavy atom. The van der Waals surface area contributed by atoms with Crippen molar-refractivity contribution in [3.63, 3.8) is 0 Å². The second-order valence-electron chi connectivity index (χ2n) is 6.96. The molecule has 2 aromatic carbocycles. The third-order valence-electron chi connectivity index (χ3n) is 4.89. The molecule has 0 bridgehead atoms. The van der Waals surface area contributed by atoms with Crippen molar-refractivity contribution in [2.24, 2.45) is 0 Å². The van der Waals surface area contributed by atoms with Gasteiger partial charge in [0.1, 0.15) is 0 Å². The summed E-state index contributed by atoms with van der Waals surface area (Å²) in [5.41, 5.74) is 1.72. The van der Waals surface area contributed by atoms with Crippen molar-refractivity contribution in [1.82, 2.24) is 10.2 Å². The Morgan fingerprint density at radius 3 is 3.00 bits per heavy atom. The molecule has 0 fully saturated rings. The SMILES string of the molecule is CC1CCN(C(=O)CSc2nnc(-c3ccc4c(c3)OCO4)o2)c2ccccc2S1. The molecule has 0 spiro atoms. The molecule has 9 heteroatoms. The largest absolute Gasteiger partial charge is 0.454 e. The summed E-state index contributed by atoms with van der Waals surface area (Å²) in [6, 6.07) is 13.5. The molecule has 0 radical (unpaired) electrons. The molecule has 1 amide bonds. The van der Waals surface area contributed by atoms with Crippen LogP contribution in [0.15, 0.2) is 57.0 Å². The highest BCUT2D eigenvalue weighted by Gasteiger charge is 2.25. The summed E-state index contributed by atoms with van der Waals surface area (Å²) in [5.74, 6) is 2.00. The lowest BCUT2D eigenvalue weighted by molar-refractivity contribution is -0.116. The predicted molar refractivity (Wildman–Crippen MR) is 115 cm³/mol. The summed E-state index contributed by atoms with van der Waals surface area (Å²) in [4.78, 5) is 16.0. The molecule has 154 valence electrons. The number of thioether (sulfide) groups is 2. The van der Waals surface area contributed by atoms with Gasteiger partial charge in [-0.25, -0.2) is 0 Å². The van der Waals surface area contributed by atoms with E-state index in [4.69, 9.17) is 13.9 Å². The van der Waals surface area contributed by atoms with Crippen LogP contribution in [0.1, 0.15) is 13.3 Å². The van der Waals surface area contributed by atoms with Crippen molar-refractivity contribution in [2.75, 3.05) is 24.0 Å². The van der Waals surface area contributed by atoms with Crippen molar-refractivity contribution < 1.29 is 18.7 Å². The van der Waals surface area contributed by atoms with Crippen LogP contribution < -0.4 is 14.4 Å². The molecule has 0 saturated heterocycles. The van der Waals surface area contributed by atoms with Gasteiger partial charge in [0.05, 0.1) is 11.4 Å². The summed E-state index contributed by atoms with van der Waals surface area (Å²) in [6.07, 6.45) is 0.949. The summed E-state index contributed by atoms with van der Waals surface area (Å²) < 4.78 is 16.5. The first-order valence-corrected chi connectivity index (χ1v) is 11.5. The van der Waals surface area contributed by atoms with E-state index in [0.29, 0.717) is 34.4 Å². The van der Waals surface area contributed by atoms with Crippen molar-refractivity contribution in [3.05, 3.63) is 42.5 Å². The van der Waals surface area contributed by atoms with Crippen LogP contribution in [0.4, 0.5) is 5.69 Å². The van der Waals surface area contributed by atoms with Gasteiger partial charge in [0.15, 0.2) is 11.5 Å². The number of para-hydroxylation sites is 1. The lowest BCUT2D eigenvalue weighted by atomic mass is 10.2. The fraction of sp³-hybridized carbons (Fsp3) is 0.286. The average Bonchev–Trinajstić information content (AvgIpc) is 3.38. The van der Waals surface area contributed by atoms with E-state index in [-0.39, 0.29) is 18.5 Å². The molecule has 3 aromatic rings. The lowest BCUT2D eigenvalue weighted by Crippen LogP contribution is -2.33. The zero-order valence-electron chi connectivity index (χ0n) is 16.2. The molecule has 2 aliphatic heterocycles. The van der Waals surface area contributed by atoms with E-state index in [1.165, 1.54) is 11.8 Å². The van der Waals surface area contributed by atoms with Crippen LogP contribution in [0, 0.1) is 0 Å². The quantitative estimate of drug-likeness (QED) is 0.549. The Labute approximate surface area is 182 Å². The topological polar surface area (TPSA) is 77.7 Å². The number of aromatic nitrogens is 2.